The van der Waals surface area contributed by atoms with Crippen molar-refractivity contribution in [2.24, 2.45) is 0 Å². The van der Waals surface area contributed by atoms with Crippen molar-refractivity contribution in [3.63, 3.8) is 0 Å². The molecule has 3 aromatic rings. The summed E-state index contributed by atoms with van der Waals surface area (Å²) in [4.78, 5) is 14.8. The predicted octanol–water partition coefficient (Wildman–Crippen LogP) is 2.83. The molecule has 2 aromatic carbocycles. The van der Waals surface area contributed by atoms with Gasteiger partial charge in [0.15, 0.2) is 5.76 Å². The monoisotopic (exact) mass is 367 g/mol. The van der Waals surface area contributed by atoms with E-state index in [2.05, 4.69) is 4.90 Å². The maximum Gasteiger partial charge on any atom is 0.235 e. The van der Waals surface area contributed by atoms with E-state index in [1.165, 1.54) is 12.1 Å². The van der Waals surface area contributed by atoms with Gasteiger partial charge in [0, 0.05) is 25.2 Å². The number of piperidine rings is 1. The largest absolute Gasteiger partial charge is 0.507 e. The predicted molar refractivity (Wildman–Crippen MR) is 102 cm³/mol. The third kappa shape index (κ3) is 3.29. The van der Waals surface area contributed by atoms with E-state index >= 15 is 0 Å². The number of aliphatic hydroxyl groups is 1. The lowest BCUT2D eigenvalue weighted by molar-refractivity contribution is 0.0790. The zero-order valence-corrected chi connectivity index (χ0v) is 14.8. The third-order valence-electron chi connectivity index (χ3n) is 5.09. The van der Waals surface area contributed by atoms with Crippen molar-refractivity contribution in [1.82, 2.24) is 4.90 Å². The average molecular weight is 367 g/mol. The Labute approximate surface area is 155 Å². The highest BCUT2D eigenvalue weighted by atomic mass is 16.4. The Morgan fingerprint density at radius 2 is 1.74 bits per heavy atom. The SMILES string of the molecule is O=c1c(O)c(-c2ccccc2)oc2c(CN3CCC(O)CC3)c(O)ccc12. The summed E-state index contributed by atoms with van der Waals surface area (Å²) < 4.78 is 5.95. The van der Waals surface area contributed by atoms with Gasteiger partial charge in [0.2, 0.25) is 11.2 Å². The summed E-state index contributed by atoms with van der Waals surface area (Å²) in [5, 5.41) is 30.7. The smallest absolute Gasteiger partial charge is 0.235 e. The number of fused-ring (bicyclic) bond motifs is 1. The van der Waals surface area contributed by atoms with Gasteiger partial charge in [-0.2, -0.15) is 0 Å². The molecule has 1 aromatic heterocycles. The Balaban J connectivity index is 1.85. The highest BCUT2D eigenvalue weighted by molar-refractivity contribution is 5.86. The van der Waals surface area contributed by atoms with Crippen LogP contribution < -0.4 is 5.43 Å². The lowest BCUT2D eigenvalue weighted by Gasteiger charge is -2.29. The van der Waals surface area contributed by atoms with Crippen LogP contribution in [0, 0.1) is 0 Å². The standard InChI is InChI=1S/C21H21NO5/c23-14-8-10-22(11-9-14)12-16-17(24)7-6-15-18(25)19(26)20(27-21(15)16)13-4-2-1-3-5-13/h1-7,14,23-24,26H,8-12H2. The zero-order valence-electron chi connectivity index (χ0n) is 14.8. The van der Waals surface area contributed by atoms with Crippen LogP contribution in [0.3, 0.4) is 0 Å². The molecule has 0 unspecified atom stereocenters. The summed E-state index contributed by atoms with van der Waals surface area (Å²) in [6.45, 7) is 1.80. The highest BCUT2D eigenvalue weighted by Gasteiger charge is 2.23. The second kappa shape index (κ2) is 7.06. The van der Waals surface area contributed by atoms with E-state index in [1.807, 2.05) is 6.07 Å². The van der Waals surface area contributed by atoms with Gasteiger partial charge < -0.3 is 19.7 Å². The minimum absolute atomic E-state index is 0.0430. The molecule has 6 heteroatoms. The number of likely N-dealkylation sites (tertiary alicyclic amines) is 1. The molecule has 1 saturated heterocycles. The number of aromatic hydroxyl groups is 2. The Hall–Kier alpha value is -2.83. The number of aliphatic hydroxyl groups excluding tert-OH is 1. The molecule has 3 N–H and O–H groups in total. The fourth-order valence-electron chi connectivity index (χ4n) is 3.53. The normalized spacial score (nSPS) is 16.0. The van der Waals surface area contributed by atoms with Gasteiger partial charge in [-0.25, -0.2) is 0 Å². The molecule has 27 heavy (non-hydrogen) atoms. The maximum absolute atomic E-state index is 12.7. The number of hydrogen-bond donors (Lipinski definition) is 3. The van der Waals surface area contributed by atoms with E-state index in [-0.39, 0.29) is 28.6 Å². The zero-order chi connectivity index (χ0) is 19.0. The quantitative estimate of drug-likeness (QED) is 0.659. The molecule has 0 radical (unpaired) electrons. The molecule has 0 spiro atoms. The van der Waals surface area contributed by atoms with Crippen molar-refractivity contribution in [2.45, 2.75) is 25.5 Å². The van der Waals surface area contributed by atoms with Crippen LogP contribution in [-0.2, 0) is 6.54 Å². The van der Waals surface area contributed by atoms with Gasteiger partial charge in [0.25, 0.3) is 0 Å². The van der Waals surface area contributed by atoms with Gasteiger partial charge in [-0.05, 0) is 25.0 Å². The number of phenols is 1. The topological polar surface area (TPSA) is 94.1 Å². The van der Waals surface area contributed by atoms with E-state index in [1.54, 1.807) is 24.3 Å². The fraction of sp³-hybridized carbons (Fsp3) is 0.286. The number of phenolic OH excluding ortho intramolecular Hbond substituents is 1. The molecule has 0 aliphatic carbocycles. The number of nitrogens with zero attached hydrogens (tertiary/aromatic N) is 1. The highest BCUT2D eigenvalue weighted by Crippen LogP contribution is 2.34. The Kier molecular flexibility index (Phi) is 4.59. The van der Waals surface area contributed by atoms with Crippen LogP contribution in [0.1, 0.15) is 18.4 Å². The fourth-order valence-corrected chi connectivity index (χ4v) is 3.53. The molecule has 0 saturated carbocycles. The third-order valence-corrected chi connectivity index (χ3v) is 5.09. The van der Waals surface area contributed by atoms with Gasteiger partial charge in [0.1, 0.15) is 11.3 Å². The Morgan fingerprint density at radius 1 is 1.04 bits per heavy atom. The minimum Gasteiger partial charge on any atom is -0.507 e. The van der Waals surface area contributed by atoms with E-state index in [4.69, 9.17) is 4.42 Å². The molecular weight excluding hydrogens is 346 g/mol. The van der Waals surface area contributed by atoms with E-state index in [0.717, 1.165) is 0 Å². The molecular formula is C21H21NO5. The molecule has 1 aliphatic rings. The van der Waals surface area contributed by atoms with Gasteiger partial charge in [-0.15, -0.1) is 0 Å². The van der Waals surface area contributed by atoms with E-state index < -0.39 is 11.2 Å². The first kappa shape index (κ1) is 17.6. The van der Waals surface area contributed by atoms with Crippen molar-refractivity contribution in [2.75, 3.05) is 13.1 Å². The summed E-state index contributed by atoms with van der Waals surface area (Å²) in [6.07, 6.45) is 1.05. The van der Waals surface area contributed by atoms with Crippen molar-refractivity contribution < 1.29 is 19.7 Å². The van der Waals surface area contributed by atoms with Gasteiger partial charge in [-0.1, -0.05) is 30.3 Å². The number of hydrogen-bond acceptors (Lipinski definition) is 6. The first-order chi connectivity index (χ1) is 13.0. The van der Waals surface area contributed by atoms with Crippen molar-refractivity contribution in [3.05, 3.63) is 58.3 Å². The van der Waals surface area contributed by atoms with Gasteiger partial charge in [-0.3, -0.25) is 9.69 Å². The van der Waals surface area contributed by atoms with Crippen LogP contribution >= 0.6 is 0 Å². The minimum atomic E-state index is -0.523. The second-order valence-electron chi connectivity index (χ2n) is 6.92. The van der Waals surface area contributed by atoms with Crippen LogP contribution in [0.4, 0.5) is 0 Å². The van der Waals surface area contributed by atoms with Crippen molar-refractivity contribution in [3.8, 4) is 22.8 Å². The summed E-state index contributed by atoms with van der Waals surface area (Å²) >= 11 is 0. The summed E-state index contributed by atoms with van der Waals surface area (Å²) in [5.41, 5.74) is 0.857. The van der Waals surface area contributed by atoms with Gasteiger partial charge in [0.05, 0.1) is 17.1 Å². The van der Waals surface area contributed by atoms with E-state index in [0.29, 0.717) is 43.6 Å². The summed E-state index contributed by atoms with van der Waals surface area (Å²) in [7, 11) is 0. The molecule has 4 rings (SSSR count). The van der Waals surface area contributed by atoms with Crippen molar-refractivity contribution >= 4 is 11.0 Å². The van der Waals surface area contributed by atoms with Crippen molar-refractivity contribution in [1.29, 1.82) is 0 Å². The number of rotatable bonds is 3. The Bertz CT molecular complexity index is 1020. The molecule has 6 nitrogen and oxygen atoms in total. The number of benzene rings is 2. The first-order valence-corrected chi connectivity index (χ1v) is 9.01. The van der Waals surface area contributed by atoms with Gasteiger partial charge >= 0.3 is 0 Å². The van der Waals surface area contributed by atoms with E-state index in [9.17, 15) is 20.1 Å². The first-order valence-electron chi connectivity index (χ1n) is 9.01. The maximum atomic E-state index is 12.7. The lowest BCUT2D eigenvalue weighted by Crippen LogP contribution is -2.35. The summed E-state index contributed by atoms with van der Waals surface area (Å²) in [5.74, 6) is -0.304. The Morgan fingerprint density at radius 3 is 2.44 bits per heavy atom. The molecule has 140 valence electrons. The molecule has 1 aliphatic heterocycles. The van der Waals surface area contributed by atoms with Crippen LogP contribution in [0.2, 0.25) is 0 Å². The molecule has 2 heterocycles. The van der Waals surface area contributed by atoms with Crippen LogP contribution in [0.25, 0.3) is 22.3 Å². The molecule has 0 amide bonds. The lowest BCUT2D eigenvalue weighted by atomic mass is 10.0. The van der Waals surface area contributed by atoms with Crippen LogP contribution in [-0.4, -0.2) is 39.4 Å². The average Bonchev–Trinajstić information content (AvgIpc) is 2.69. The summed E-state index contributed by atoms with van der Waals surface area (Å²) in [6, 6.07) is 11.8. The second-order valence-corrected chi connectivity index (χ2v) is 6.92. The van der Waals surface area contributed by atoms with Crippen LogP contribution in [0.15, 0.2) is 51.7 Å². The molecule has 1 fully saturated rings. The molecule has 0 atom stereocenters. The van der Waals surface area contributed by atoms with Crippen LogP contribution in [0.5, 0.6) is 11.5 Å². The molecule has 0 bridgehead atoms.